The molecule has 0 fully saturated rings. The standard InChI is InChI=1S/C8H5BrFIO2/c9-5-1-4(3-7(12)13)2-6(11)8(5)10/h1-2H,3H2,(H,12,13). The van der Waals surface area contributed by atoms with E-state index in [0.29, 0.717) is 13.6 Å². The van der Waals surface area contributed by atoms with Crippen LogP contribution in [-0.2, 0) is 11.2 Å². The number of hydrogen-bond acceptors (Lipinski definition) is 1. The molecule has 0 amide bonds. The van der Waals surface area contributed by atoms with Gasteiger partial charge in [-0.25, -0.2) is 4.39 Å². The van der Waals surface area contributed by atoms with Gasteiger partial charge in [0.25, 0.3) is 0 Å². The van der Waals surface area contributed by atoms with Gasteiger partial charge in [-0.3, -0.25) is 4.79 Å². The van der Waals surface area contributed by atoms with Crippen molar-refractivity contribution in [3.63, 3.8) is 0 Å². The van der Waals surface area contributed by atoms with Crippen LogP contribution in [-0.4, -0.2) is 11.1 Å². The number of aliphatic carboxylic acids is 1. The fourth-order valence-corrected chi connectivity index (χ4v) is 2.45. The highest BCUT2D eigenvalue weighted by Crippen LogP contribution is 2.22. The minimum Gasteiger partial charge on any atom is -0.481 e. The summed E-state index contributed by atoms with van der Waals surface area (Å²) in [5.41, 5.74) is 0.588. The van der Waals surface area contributed by atoms with E-state index < -0.39 is 5.97 Å². The molecule has 0 bridgehead atoms. The lowest BCUT2D eigenvalue weighted by Crippen LogP contribution is -2.01. The minimum absolute atomic E-state index is 0.0884. The summed E-state index contributed by atoms with van der Waals surface area (Å²) in [4.78, 5) is 10.4. The van der Waals surface area contributed by atoms with Crippen molar-refractivity contribution in [1.82, 2.24) is 0 Å². The van der Waals surface area contributed by atoms with Gasteiger partial charge in [-0.05, 0) is 56.2 Å². The zero-order chi connectivity index (χ0) is 10.0. The van der Waals surface area contributed by atoms with Gasteiger partial charge in [-0.2, -0.15) is 0 Å². The number of carboxylic acid groups (broad SMARTS) is 1. The fourth-order valence-electron chi connectivity index (χ4n) is 0.885. The van der Waals surface area contributed by atoms with Crippen LogP contribution in [0.1, 0.15) is 5.56 Å². The summed E-state index contributed by atoms with van der Waals surface area (Å²) in [7, 11) is 0. The summed E-state index contributed by atoms with van der Waals surface area (Å²) >= 11 is 4.84. The molecule has 0 atom stereocenters. The summed E-state index contributed by atoms with van der Waals surface area (Å²) in [6.07, 6.45) is -0.0884. The lowest BCUT2D eigenvalue weighted by atomic mass is 10.1. The highest BCUT2D eigenvalue weighted by molar-refractivity contribution is 14.1. The molecule has 0 saturated heterocycles. The van der Waals surface area contributed by atoms with Gasteiger partial charge in [0.05, 0.1) is 14.5 Å². The Labute approximate surface area is 96.4 Å². The Morgan fingerprint density at radius 1 is 1.62 bits per heavy atom. The first-order valence-electron chi connectivity index (χ1n) is 3.36. The van der Waals surface area contributed by atoms with E-state index in [2.05, 4.69) is 15.9 Å². The Morgan fingerprint density at radius 2 is 2.23 bits per heavy atom. The average Bonchev–Trinajstić information content (AvgIpc) is 1.98. The Kier molecular flexibility index (Phi) is 3.66. The highest BCUT2D eigenvalue weighted by atomic mass is 127. The second kappa shape index (κ2) is 4.36. The van der Waals surface area contributed by atoms with Crippen molar-refractivity contribution in [2.45, 2.75) is 6.42 Å². The third-order valence-corrected chi connectivity index (χ3v) is 2.76. The smallest absolute Gasteiger partial charge is 0.307 e. The van der Waals surface area contributed by atoms with Gasteiger partial charge in [0.2, 0.25) is 0 Å². The number of carbonyl (C=O) groups is 1. The normalized spacial score (nSPS) is 10.1. The SMILES string of the molecule is O=C(O)Cc1cc(Br)c(F)c(I)c1. The van der Waals surface area contributed by atoms with Crippen molar-refractivity contribution in [2.75, 3.05) is 0 Å². The molecule has 0 aliphatic carbocycles. The third-order valence-electron chi connectivity index (χ3n) is 1.40. The third kappa shape index (κ3) is 2.91. The van der Waals surface area contributed by atoms with Crippen LogP contribution >= 0.6 is 38.5 Å². The van der Waals surface area contributed by atoms with Crippen LogP contribution in [0.4, 0.5) is 4.39 Å². The van der Waals surface area contributed by atoms with E-state index in [-0.39, 0.29) is 12.2 Å². The number of rotatable bonds is 2. The molecule has 0 aliphatic rings. The van der Waals surface area contributed by atoms with Crippen LogP contribution in [0.2, 0.25) is 0 Å². The molecular weight excluding hydrogens is 354 g/mol. The fraction of sp³-hybridized carbons (Fsp3) is 0.125. The van der Waals surface area contributed by atoms with Gasteiger partial charge in [-0.1, -0.05) is 0 Å². The van der Waals surface area contributed by atoms with E-state index in [1.165, 1.54) is 12.1 Å². The molecule has 0 unspecified atom stereocenters. The summed E-state index contributed by atoms with van der Waals surface area (Å²) in [5.74, 6) is -1.27. The van der Waals surface area contributed by atoms with E-state index in [9.17, 15) is 9.18 Å². The first kappa shape index (κ1) is 10.9. The Balaban J connectivity index is 3.06. The van der Waals surface area contributed by atoms with Crippen molar-refractivity contribution in [3.8, 4) is 0 Å². The van der Waals surface area contributed by atoms with Crippen molar-refractivity contribution >= 4 is 44.5 Å². The van der Waals surface area contributed by atoms with Crippen LogP contribution in [0.5, 0.6) is 0 Å². The first-order chi connectivity index (χ1) is 6.00. The first-order valence-corrected chi connectivity index (χ1v) is 5.23. The molecule has 13 heavy (non-hydrogen) atoms. The lowest BCUT2D eigenvalue weighted by molar-refractivity contribution is -0.136. The summed E-state index contributed by atoms with van der Waals surface area (Å²) < 4.78 is 13.8. The second-order valence-electron chi connectivity index (χ2n) is 2.44. The van der Waals surface area contributed by atoms with Crippen molar-refractivity contribution in [3.05, 3.63) is 31.6 Å². The quantitative estimate of drug-likeness (QED) is 0.652. The number of halogens is 3. The molecule has 1 aromatic carbocycles. The maximum absolute atomic E-state index is 13.0. The van der Waals surface area contributed by atoms with Crippen molar-refractivity contribution in [2.24, 2.45) is 0 Å². The highest BCUT2D eigenvalue weighted by Gasteiger charge is 2.08. The largest absolute Gasteiger partial charge is 0.481 e. The van der Waals surface area contributed by atoms with Crippen molar-refractivity contribution in [1.29, 1.82) is 0 Å². The average molecular weight is 359 g/mol. The number of benzene rings is 1. The predicted molar refractivity (Wildman–Crippen MR) is 58.2 cm³/mol. The van der Waals surface area contributed by atoms with Crippen LogP contribution in [0.3, 0.4) is 0 Å². The van der Waals surface area contributed by atoms with Gasteiger partial charge in [0, 0.05) is 0 Å². The molecule has 1 N–H and O–H groups in total. The summed E-state index contributed by atoms with van der Waals surface area (Å²) in [5, 5.41) is 8.51. The molecule has 0 spiro atoms. The monoisotopic (exact) mass is 358 g/mol. The molecule has 5 heteroatoms. The lowest BCUT2D eigenvalue weighted by Gasteiger charge is -2.01. The maximum Gasteiger partial charge on any atom is 0.307 e. The van der Waals surface area contributed by atoms with E-state index in [1.54, 1.807) is 0 Å². The molecule has 0 aliphatic heterocycles. The van der Waals surface area contributed by atoms with Gasteiger partial charge >= 0.3 is 5.97 Å². The molecule has 2 nitrogen and oxygen atoms in total. The van der Waals surface area contributed by atoms with E-state index in [0.717, 1.165) is 0 Å². The number of hydrogen-bond donors (Lipinski definition) is 1. The number of carboxylic acids is 1. The molecular formula is C8H5BrFIO2. The summed E-state index contributed by atoms with van der Waals surface area (Å²) in [6.45, 7) is 0. The summed E-state index contributed by atoms with van der Waals surface area (Å²) in [6, 6.07) is 3.00. The zero-order valence-electron chi connectivity index (χ0n) is 6.35. The minimum atomic E-state index is -0.922. The second-order valence-corrected chi connectivity index (χ2v) is 4.46. The molecule has 70 valence electrons. The zero-order valence-corrected chi connectivity index (χ0v) is 10.1. The van der Waals surface area contributed by atoms with Gasteiger partial charge in [-0.15, -0.1) is 0 Å². The van der Waals surface area contributed by atoms with Gasteiger partial charge in [0.1, 0.15) is 0 Å². The molecule has 0 aromatic heterocycles. The molecule has 0 radical (unpaired) electrons. The molecule has 1 aromatic rings. The van der Waals surface area contributed by atoms with E-state index >= 15 is 0 Å². The van der Waals surface area contributed by atoms with Crippen LogP contribution < -0.4 is 0 Å². The van der Waals surface area contributed by atoms with E-state index in [1.807, 2.05) is 22.6 Å². The van der Waals surface area contributed by atoms with E-state index in [4.69, 9.17) is 5.11 Å². The Morgan fingerprint density at radius 3 is 2.69 bits per heavy atom. The van der Waals surface area contributed by atoms with Gasteiger partial charge in [0.15, 0.2) is 5.82 Å². The topological polar surface area (TPSA) is 37.3 Å². The predicted octanol–water partition coefficient (Wildman–Crippen LogP) is 2.82. The van der Waals surface area contributed by atoms with Crippen LogP contribution in [0, 0.1) is 9.39 Å². The van der Waals surface area contributed by atoms with Crippen LogP contribution in [0.25, 0.3) is 0 Å². The Bertz CT molecular complexity index is 331. The molecule has 0 heterocycles. The van der Waals surface area contributed by atoms with Crippen LogP contribution in [0.15, 0.2) is 16.6 Å². The maximum atomic E-state index is 13.0. The van der Waals surface area contributed by atoms with Crippen molar-refractivity contribution < 1.29 is 14.3 Å². The molecule has 1 rings (SSSR count). The Hall–Kier alpha value is -0.170. The van der Waals surface area contributed by atoms with Gasteiger partial charge < -0.3 is 5.11 Å². The molecule has 0 saturated carbocycles.